The maximum atomic E-state index is 12.6. The first kappa shape index (κ1) is 22.9. The van der Waals surface area contributed by atoms with Gasteiger partial charge in [0.05, 0.1) is 6.54 Å². The molecule has 0 aliphatic carbocycles. The molecule has 1 atom stereocenters. The van der Waals surface area contributed by atoms with Crippen LogP contribution in [0.25, 0.3) is 22.3 Å². The van der Waals surface area contributed by atoms with Crippen molar-refractivity contribution in [1.29, 1.82) is 0 Å². The Labute approximate surface area is 198 Å². The number of pyridine rings is 1. The molecule has 2 aliphatic rings. The lowest BCUT2D eigenvalue weighted by molar-refractivity contribution is 0.0754. The van der Waals surface area contributed by atoms with Gasteiger partial charge in [0.25, 0.3) is 6.43 Å². The van der Waals surface area contributed by atoms with Crippen molar-refractivity contribution in [3.8, 4) is 22.3 Å². The van der Waals surface area contributed by atoms with Crippen molar-refractivity contribution in [1.82, 2.24) is 15.2 Å². The summed E-state index contributed by atoms with van der Waals surface area (Å²) >= 11 is 0. The van der Waals surface area contributed by atoms with Crippen molar-refractivity contribution in [2.45, 2.75) is 37.8 Å². The molecule has 1 saturated heterocycles. The molecule has 178 valence electrons. The number of halogens is 2. The van der Waals surface area contributed by atoms with Crippen LogP contribution in [0.15, 0.2) is 54.7 Å². The summed E-state index contributed by atoms with van der Waals surface area (Å²) < 4.78 is 25.3. The SMILES string of the molecule is Nc1ncc(-c2ccc(C3CCN(CC(F)F)CC3)cc2)cc1-c1ccc2c(c1)CCNC2O. The van der Waals surface area contributed by atoms with E-state index in [1.807, 2.05) is 17.0 Å². The number of alkyl halides is 2. The van der Waals surface area contributed by atoms with Crippen LogP contribution in [0.2, 0.25) is 0 Å². The van der Waals surface area contributed by atoms with Gasteiger partial charge in [0.15, 0.2) is 0 Å². The highest BCUT2D eigenvalue weighted by atomic mass is 19.3. The van der Waals surface area contributed by atoms with Gasteiger partial charge in [-0.25, -0.2) is 13.8 Å². The average molecular weight is 465 g/mol. The standard InChI is InChI=1S/C27H30F2N4O/c28-25(29)16-33-11-8-19(9-12-33)17-1-3-18(4-2-17)22-14-24(26(30)32-15-22)20-5-6-23-21(13-20)7-10-31-27(23)34/h1-6,13-15,19,25,27,31,34H,7-12,16H2,(H2,30,32). The van der Waals surface area contributed by atoms with Gasteiger partial charge >= 0.3 is 0 Å². The van der Waals surface area contributed by atoms with Gasteiger partial charge in [-0.1, -0.05) is 42.5 Å². The Morgan fingerprint density at radius 1 is 1.03 bits per heavy atom. The number of anilines is 1. The molecule has 3 heterocycles. The van der Waals surface area contributed by atoms with Gasteiger partial charge in [-0.2, -0.15) is 0 Å². The molecule has 3 aromatic rings. The first-order chi connectivity index (χ1) is 16.5. The second kappa shape index (κ2) is 9.78. The third kappa shape index (κ3) is 4.82. The average Bonchev–Trinajstić information content (AvgIpc) is 2.85. The Balaban J connectivity index is 1.34. The third-order valence-corrected chi connectivity index (χ3v) is 7.10. The zero-order chi connectivity index (χ0) is 23.7. The smallest absolute Gasteiger partial charge is 0.251 e. The summed E-state index contributed by atoms with van der Waals surface area (Å²) in [5, 5.41) is 13.2. The Hall–Kier alpha value is -2.87. The number of hydrogen-bond donors (Lipinski definition) is 3. The minimum Gasteiger partial charge on any atom is -0.383 e. The highest BCUT2D eigenvalue weighted by molar-refractivity contribution is 5.79. The van der Waals surface area contributed by atoms with E-state index in [9.17, 15) is 13.9 Å². The van der Waals surface area contributed by atoms with Crippen molar-refractivity contribution in [3.05, 3.63) is 71.4 Å². The van der Waals surface area contributed by atoms with Gasteiger partial charge in [0.1, 0.15) is 12.0 Å². The summed E-state index contributed by atoms with van der Waals surface area (Å²) in [6.45, 7) is 2.05. The maximum Gasteiger partial charge on any atom is 0.251 e. The van der Waals surface area contributed by atoms with E-state index in [-0.39, 0.29) is 6.54 Å². The summed E-state index contributed by atoms with van der Waals surface area (Å²) in [4.78, 5) is 6.31. The van der Waals surface area contributed by atoms with E-state index in [0.29, 0.717) is 11.7 Å². The van der Waals surface area contributed by atoms with Crippen molar-refractivity contribution >= 4 is 5.82 Å². The van der Waals surface area contributed by atoms with Crippen LogP contribution in [0.1, 0.15) is 41.7 Å². The molecule has 2 aromatic carbocycles. The van der Waals surface area contributed by atoms with Gasteiger partial charge < -0.3 is 10.8 Å². The van der Waals surface area contributed by atoms with E-state index in [1.54, 1.807) is 6.20 Å². The van der Waals surface area contributed by atoms with E-state index in [0.717, 1.165) is 72.3 Å². The molecule has 4 N–H and O–H groups in total. The van der Waals surface area contributed by atoms with Gasteiger partial charge in [0, 0.05) is 23.9 Å². The van der Waals surface area contributed by atoms with Gasteiger partial charge in [0.2, 0.25) is 0 Å². The van der Waals surface area contributed by atoms with E-state index < -0.39 is 12.7 Å². The van der Waals surface area contributed by atoms with Crippen LogP contribution in [-0.2, 0) is 6.42 Å². The zero-order valence-corrected chi connectivity index (χ0v) is 19.1. The van der Waals surface area contributed by atoms with Crippen molar-refractivity contribution in [2.75, 3.05) is 31.9 Å². The number of benzene rings is 2. The molecule has 7 heteroatoms. The normalized spacial score (nSPS) is 19.4. The molecule has 5 nitrogen and oxygen atoms in total. The third-order valence-electron chi connectivity index (χ3n) is 7.10. The van der Waals surface area contributed by atoms with Crippen LogP contribution in [0.4, 0.5) is 14.6 Å². The number of rotatable bonds is 5. The molecule has 1 fully saturated rings. The quantitative estimate of drug-likeness (QED) is 0.516. The summed E-state index contributed by atoms with van der Waals surface area (Å²) in [6.07, 6.45) is 1.57. The fourth-order valence-electron chi connectivity index (χ4n) is 5.17. The number of nitrogen functional groups attached to an aromatic ring is 1. The summed E-state index contributed by atoms with van der Waals surface area (Å²) in [5.41, 5.74) is 13.5. The van der Waals surface area contributed by atoms with Crippen molar-refractivity contribution in [2.24, 2.45) is 0 Å². The zero-order valence-electron chi connectivity index (χ0n) is 19.1. The van der Waals surface area contributed by atoms with Crippen LogP contribution in [0.5, 0.6) is 0 Å². The Bertz CT molecular complexity index is 1140. The van der Waals surface area contributed by atoms with Gasteiger partial charge in [-0.05, 0) is 72.2 Å². The molecule has 0 amide bonds. The highest BCUT2D eigenvalue weighted by Crippen LogP contribution is 2.34. The number of aromatic nitrogens is 1. The number of nitrogens with zero attached hydrogens (tertiary/aromatic N) is 2. The number of nitrogens with one attached hydrogen (secondary N) is 1. The van der Waals surface area contributed by atoms with Gasteiger partial charge in [-0.15, -0.1) is 0 Å². The fraction of sp³-hybridized carbons (Fsp3) is 0.370. The highest BCUT2D eigenvalue weighted by Gasteiger charge is 2.23. The number of likely N-dealkylation sites (tertiary alicyclic amines) is 1. The second-order valence-electron chi connectivity index (χ2n) is 9.27. The molecule has 0 radical (unpaired) electrons. The summed E-state index contributed by atoms with van der Waals surface area (Å²) in [6, 6.07) is 16.6. The minimum atomic E-state index is -2.26. The van der Waals surface area contributed by atoms with E-state index in [1.165, 1.54) is 5.56 Å². The van der Waals surface area contributed by atoms with Crippen molar-refractivity contribution < 1.29 is 13.9 Å². The molecule has 0 spiro atoms. The fourth-order valence-corrected chi connectivity index (χ4v) is 5.17. The first-order valence-corrected chi connectivity index (χ1v) is 11.9. The molecular formula is C27H30F2N4O. The number of aliphatic hydroxyl groups is 1. The van der Waals surface area contributed by atoms with E-state index in [4.69, 9.17) is 5.73 Å². The lowest BCUT2D eigenvalue weighted by Crippen LogP contribution is -2.36. The van der Waals surface area contributed by atoms with Crippen LogP contribution < -0.4 is 11.1 Å². The molecule has 0 bridgehead atoms. The number of aliphatic hydroxyl groups excluding tert-OH is 1. The number of piperidine rings is 1. The minimum absolute atomic E-state index is 0.125. The van der Waals surface area contributed by atoms with Gasteiger partial charge in [-0.3, -0.25) is 10.2 Å². The van der Waals surface area contributed by atoms with Crippen LogP contribution in [0.3, 0.4) is 0 Å². The molecule has 1 aromatic heterocycles. The molecular weight excluding hydrogens is 434 g/mol. The van der Waals surface area contributed by atoms with E-state index >= 15 is 0 Å². The number of fused-ring (bicyclic) bond motifs is 1. The molecule has 2 aliphatic heterocycles. The summed E-state index contributed by atoms with van der Waals surface area (Å²) in [7, 11) is 0. The number of hydrogen-bond acceptors (Lipinski definition) is 5. The molecule has 34 heavy (non-hydrogen) atoms. The second-order valence-corrected chi connectivity index (χ2v) is 9.27. The predicted octanol–water partition coefficient (Wildman–Crippen LogP) is 4.58. The number of nitrogens with two attached hydrogens (primary N) is 1. The van der Waals surface area contributed by atoms with Crippen LogP contribution >= 0.6 is 0 Å². The lowest BCUT2D eigenvalue weighted by Gasteiger charge is -2.31. The molecule has 0 saturated carbocycles. The summed E-state index contributed by atoms with van der Waals surface area (Å²) in [5.74, 6) is 0.883. The monoisotopic (exact) mass is 464 g/mol. The van der Waals surface area contributed by atoms with E-state index in [2.05, 4.69) is 46.7 Å². The van der Waals surface area contributed by atoms with Crippen LogP contribution in [-0.4, -0.2) is 47.6 Å². The topological polar surface area (TPSA) is 74.4 Å². The Kier molecular flexibility index (Phi) is 6.59. The lowest BCUT2D eigenvalue weighted by atomic mass is 9.88. The largest absolute Gasteiger partial charge is 0.383 e. The molecule has 5 rings (SSSR count). The molecule has 1 unspecified atom stereocenters. The Morgan fingerprint density at radius 2 is 1.76 bits per heavy atom. The first-order valence-electron chi connectivity index (χ1n) is 11.9. The van der Waals surface area contributed by atoms with Crippen molar-refractivity contribution in [3.63, 3.8) is 0 Å². The maximum absolute atomic E-state index is 12.6. The Morgan fingerprint density at radius 3 is 2.50 bits per heavy atom. The van der Waals surface area contributed by atoms with Crippen LogP contribution in [0, 0.1) is 0 Å². The predicted molar refractivity (Wildman–Crippen MR) is 131 cm³/mol.